The van der Waals surface area contributed by atoms with Crippen molar-refractivity contribution in [2.75, 3.05) is 27.3 Å². The third kappa shape index (κ3) is 9.92. The first kappa shape index (κ1) is 47.3. The minimum Gasteiger partial charge on any atom is -0.453 e. The van der Waals surface area contributed by atoms with Crippen LogP contribution in [-0.4, -0.2) is 131 Å². The van der Waals surface area contributed by atoms with Crippen LogP contribution in [0.5, 0.6) is 0 Å². The Kier molecular flexibility index (Phi) is 13.6. The van der Waals surface area contributed by atoms with Gasteiger partial charge in [0.1, 0.15) is 31.8 Å². The molecule has 4 N–H and O–H groups in total. The molecule has 6 atom stereocenters. The third-order valence-electron chi connectivity index (χ3n) is 12.9. The molecule has 0 saturated carbocycles. The van der Waals surface area contributed by atoms with E-state index >= 15 is 0 Å². The maximum Gasteiger partial charge on any atom is 0.407 e. The maximum atomic E-state index is 14.3. The molecule has 2 aromatic carbocycles. The van der Waals surface area contributed by atoms with Gasteiger partial charge < -0.3 is 39.9 Å². The molecule has 6 heterocycles. The molecule has 0 aliphatic carbocycles. The predicted octanol–water partition coefficient (Wildman–Crippen LogP) is 5.65. The van der Waals surface area contributed by atoms with Gasteiger partial charge in [-0.25, -0.2) is 28.9 Å². The minimum absolute atomic E-state index is 0.136. The highest BCUT2D eigenvalue weighted by Gasteiger charge is 2.44. The number of nitrogens with one attached hydrogen (secondary N) is 4. The number of aromatic nitrogens is 10. The highest BCUT2D eigenvalue weighted by atomic mass is 28.3. The first-order valence-electron chi connectivity index (χ1n) is 22.9. The van der Waals surface area contributed by atoms with Crippen LogP contribution in [0.3, 0.4) is 0 Å². The highest BCUT2D eigenvalue weighted by molar-refractivity contribution is 6.88. The van der Waals surface area contributed by atoms with Crippen LogP contribution in [0.1, 0.15) is 76.4 Å². The molecule has 0 radical (unpaired) electrons. The molecule has 0 spiro atoms. The van der Waals surface area contributed by atoms with E-state index in [0.717, 1.165) is 39.0 Å². The Morgan fingerprint density at radius 3 is 1.49 bits per heavy atom. The average molecular weight is 945 g/mol. The van der Waals surface area contributed by atoms with Crippen LogP contribution in [-0.2, 0) is 19.1 Å². The number of likely N-dealkylation sites (tertiary alicyclic amines) is 2. The van der Waals surface area contributed by atoms with Gasteiger partial charge >= 0.3 is 12.2 Å². The molecule has 68 heavy (non-hydrogen) atoms. The molecular formula is C47H60N14O6Si. The molecule has 1 unspecified atom stereocenters. The summed E-state index contributed by atoms with van der Waals surface area (Å²) in [5, 5.41) is 23.6. The number of hydrogen-bond donors (Lipinski definition) is 4. The van der Waals surface area contributed by atoms with E-state index in [9.17, 15) is 19.2 Å². The number of carbonyl (C=O) groups is 4. The van der Waals surface area contributed by atoms with E-state index in [-0.39, 0.29) is 35.7 Å². The van der Waals surface area contributed by atoms with E-state index in [0.29, 0.717) is 37.6 Å². The molecule has 21 heteroatoms. The smallest absolute Gasteiger partial charge is 0.407 e. The van der Waals surface area contributed by atoms with Crippen LogP contribution in [0.4, 0.5) is 9.59 Å². The molecule has 2 saturated heterocycles. The number of rotatable bonds is 14. The van der Waals surface area contributed by atoms with Crippen molar-refractivity contribution in [3.8, 4) is 33.6 Å². The van der Waals surface area contributed by atoms with Crippen molar-refractivity contribution in [1.29, 1.82) is 0 Å². The van der Waals surface area contributed by atoms with Crippen LogP contribution < -0.4 is 16.0 Å². The van der Waals surface area contributed by atoms with E-state index in [1.54, 1.807) is 39.3 Å². The van der Waals surface area contributed by atoms with Crippen LogP contribution in [0.15, 0.2) is 79.5 Å². The lowest BCUT2D eigenvalue weighted by Gasteiger charge is -2.29. The van der Waals surface area contributed by atoms with Crippen LogP contribution in [0, 0.1) is 11.8 Å². The average Bonchev–Trinajstić information content (AvgIpc) is 4.18. The van der Waals surface area contributed by atoms with Crippen molar-refractivity contribution in [2.45, 2.75) is 96.4 Å². The summed E-state index contributed by atoms with van der Waals surface area (Å²) in [7, 11) is 0.832. The molecule has 20 nitrogen and oxygen atoms in total. The number of methoxy groups -OCH3 is 2. The number of carbonyl (C=O) groups excluding carboxylic acids is 4. The van der Waals surface area contributed by atoms with Crippen LogP contribution in [0.25, 0.3) is 33.6 Å². The molecule has 4 aromatic heterocycles. The summed E-state index contributed by atoms with van der Waals surface area (Å²) in [4.78, 5) is 73.0. The van der Waals surface area contributed by atoms with Crippen molar-refractivity contribution in [3.63, 3.8) is 0 Å². The SMILES string of the molecule is COC(=O)NC(C(=O)N1C[C@H](n2cc([Si](C)(C)C)nn2)C[C@H]1c1ncc(-c2ccc(-c3ccc(-c4cnc([C@@H]5C[C@@H](n6ccnn6)CN5C(=O)[C@@H](NC(=O)OC)C(C)C)[nH]4)cc3)cc2)[nH]1)C(C)C. The molecule has 2 aliphatic rings. The highest BCUT2D eigenvalue weighted by Crippen LogP contribution is 2.40. The summed E-state index contributed by atoms with van der Waals surface area (Å²) in [5.74, 6) is 0.438. The van der Waals surface area contributed by atoms with Gasteiger partial charge in [0.15, 0.2) is 0 Å². The van der Waals surface area contributed by atoms with Gasteiger partial charge in [-0.1, -0.05) is 106 Å². The molecular weight excluding hydrogens is 885 g/mol. The zero-order valence-corrected chi connectivity index (χ0v) is 40.9. The Hall–Kier alpha value is -7.16. The van der Waals surface area contributed by atoms with Gasteiger partial charge in [0.25, 0.3) is 0 Å². The minimum atomic E-state index is -1.73. The van der Waals surface area contributed by atoms with Gasteiger partial charge in [-0.3, -0.25) is 9.59 Å². The van der Waals surface area contributed by atoms with Crippen molar-refractivity contribution < 1.29 is 28.7 Å². The third-order valence-corrected chi connectivity index (χ3v) is 14.7. The number of alkyl carbamates (subject to hydrolysis) is 2. The first-order valence-corrected chi connectivity index (χ1v) is 26.4. The Bertz CT molecular complexity index is 2710. The van der Waals surface area contributed by atoms with Gasteiger partial charge in [0, 0.05) is 25.5 Å². The monoisotopic (exact) mass is 944 g/mol. The number of benzene rings is 2. The van der Waals surface area contributed by atoms with Crippen LogP contribution in [0.2, 0.25) is 19.6 Å². The van der Waals surface area contributed by atoms with Gasteiger partial charge in [0.05, 0.1) is 73.7 Å². The summed E-state index contributed by atoms with van der Waals surface area (Å²) in [5.41, 5.74) is 5.49. The zero-order chi connectivity index (χ0) is 48.4. The number of amides is 4. The first-order chi connectivity index (χ1) is 32.5. The second-order valence-corrected chi connectivity index (χ2v) is 24.3. The molecule has 2 fully saturated rings. The number of H-pyrrole nitrogens is 2. The molecule has 358 valence electrons. The number of imidazole rings is 2. The fourth-order valence-corrected chi connectivity index (χ4v) is 9.84. The van der Waals surface area contributed by atoms with Crippen molar-refractivity contribution in [3.05, 3.63) is 91.2 Å². The van der Waals surface area contributed by atoms with Gasteiger partial charge in [-0.05, 0) is 46.9 Å². The van der Waals surface area contributed by atoms with Gasteiger partial charge in [0.2, 0.25) is 11.8 Å². The Morgan fingerprint density at radius 1 is 0.662 bits per heavy atom. The molecule has 6 aromatic rings. The molecule has 2 aliphatic heterocycles. The molecule has 8 rings (SSSR count). The van der Waals surface area contributed by atoms with Gasteiger partial charge in [-0.15, -0.1) is 10.2 Å². The van der Waals surface area contributed by atoms with E-state index in [1.165, 1.54) is 14.2 Å². The van der Waals surface area contributed by atoms with Gasteiger partial charge in [-0.2, -0.15) is 0 Å². The second kappa shape index (κ2) is 19.6. The second-order valence-electron chi connectivity index (χ2n) is 19.2. The van der Waals surface area contributed by atoms with E-state index in [2.05, 4.69) is 85.1 Å². The zero-order valence-electron chi connectivity index (χ0n) is 39.9. The number of hydrogen-bond acceptors (Lipinski definition) is 12. The Labute approximate surface area is 395 Å². The lowest BCUT2D eigenvalue weighted by Crippen LogP contribution is -2.51. The maximum absolute atomic E-state index is 14.3. The largest absolute Gasteiger partial charge is 0.453 e. The lowest BCUT2D eigenvalue weighted by atomic mass is 10.0. The summed E-state index contributed by atoms with van der Waals surface area (Å²) >= 11 is 0. The molecule has 0 bridgehead atoms. The summed E-state index contributed by atoms with van der Waals surface area (Å²) in [6.45, 7) is 14.9. The quantitative estimate of drug-likeness (QED) is 0.0970. The fourth-order valence-electron chi connectivity index (χ4n) is 8.97. The Balaban J connectivity index is 0.982. The summed E-state index contributed by atoms with van der Waals surface area (Å²) < 4.78 is 13.3. The Morgan fingerprint density at radius 2 is 1.10 bits per heavy atom. The standard InChI is InChI=1S/C47H60N14O6Si/c1-27(2)40(53-46(64)66-5)44(62)58-24-33(60-19-18-50-56-60)20-37(58)42-48-22-35(51-42)31-14-10-29(11-15-31)30-12-16-32(17-13-30)36-23-49-43(52-36)38-21-34(61-26-39(55-57-61)68(7,8)9)25-59(38)45(63)41(28(3)4)54-47(65)67-6/h10-19,22-23,26-28,33-34,37-38,40-41H,20-21,24-25H2,1-9H3,(H,48,51)(H,49,52)(H,53,64)(H,54,65)/t33-,34-,37+,38+,40+,41?/m1/s1. The van der Waals surface area contributed by atoms with E-state index in [4.69, 9.17) is 19.4 Å². The summed E-state index contributed by atoms with van der Waals surface area (Å²) in [6, 6.07) is 13.7. The van der Waals surface area contributed by atoms with Crippen molar-refractivity contribution in [1.82, 2.24) is 70.4 Å². The van der Waals surface area contributed by atoms with Crippen molar-refractivity contribution >= 4 is 37.4 Å². The molecule has 4 amide bonds. The fraction of sp³-hybridized carbons (Fsp3) is 0.447. The van der Waals surface area contributed by atoms with Crippen LogP contribution >= 0.6 is 0 Å². The number of ether oxygens (including phenoxy) is 2. The lowest BCUT2D eigenvalue weighted by molar-refractivity contribution is -0.136. The number of aromatic amines is 2. The van der Waals surface area contributed by atoms with E-state index in [1.807, 2.05) is 62.8 Å². The van der Waals surface area contributed by atoms with E-state index < -0.39 is 44.4 Å². The predicted molar refractivity (Wildman–Crippen MR) is 255 cm³/mol. The van der Waals surface area contributed by atoms with Crippen molar-refractivity contribution in [2.24, 2.45) is 11.8 Å². The summed E-state index contributed by atoms with van der Waals surface area (Å²) in [6.07, 6.45) is 8.75. The topological polar surface area (TPSA) is 236 Å². The normalized spacial score (nSPS) is 19.3. The number of nitrogens with zero attached hydrogens (tertiary/aromatic N) is 10.